The van der Waals surface area contributed by atoms with Crippen molar-refractivity contribution in [3.05, 3.63) is 23.5 Å². The van der Waals surface area contributed by atoms with Crippen LogP contribution in [-0.2, 0) is 6.18 Å². The number of aromatic nitrogens is 1. The minimum Gasteiger partial charge on any atom is -0.465 e. The molecule has 7 nitrogen and oxygen atoms in total. The fraction of sp³-hybridized carbons (Fsp3) is 0.588. The summed E-state index contributed by atoms with van der Waals surface area (Å²) in [4.78, 5) is 29.4. The molecule has 1 atom stereocenters. The van der Waals surface area contributed by atoms with E-state index in [0.717, 1.165) is 0 Å². The highest BCUT2D eigenvalue weighted by atomic mass is 19.4. The number of carbonyl (C=O) groups is 2. The molecule has 1 saturated heterocycles. The third-order valence-corrected chi connectivity index (χ3v) is 4.57. The molecule has 1 unspecified atom stereocenters. The summed E-state index contributed by atoms with van der Waals surface area (Å²) in [6.07, 6.45) is -5.85. The van der Waals surface area contributed by atoms with Crippen LogP contribution in [-0.4, -0.2) is 59.7 Å². The molecular formula is C17H23F3N4O3. The summed E-state index contributed by atoms with van der Waals surface area (Å²) in [6.45, 7) is 5.80. The fourth-order valence-electron chi connectivity index (χ4n) is 3.14. The third kappa shape index (κ3) is 4.42. The number of alkyl halides is 3. The summed E-state index contributed by atoms with van der Waals surface area (Å²) in [7, 11) is 1.31. The van der Waals surface area contributed by atoms with Gasteiger partial charge in [-0.3, -0.25) is 4.79 Å². The first kappa shape index (κ1) is 20.8. The Bertz CT molecular complexity index is 731. The van der Waals surface area contributed by atoms with E-state index in [0.29, 0.717) is 0 Å². The predicted octanol–water partition coefficient (Wildman–Crippen LogP) is 2.67. The van der Waals surface area contributed by atoms with Crippen molar-refractivity contribution >= 4 is 17.7 Å². The van der Waals surface area contributed by atoms with Gasteiger partial charge in [-0.15, -0.1) is 0 Å². The highest BCUT2D eigenvalue weighted by Crippen LogP contribution is 2.37. The van der Waals surface area contributed by atoms with Gasteiger partial charge in [-0.05, 0) is 17.5 Å². The quantitative estimate of drug-likeness (QED) is 0.814. The molecule has 10 heteroatoms. The minimum atomic E-state index is -4.75. The van der Waals surface area contributed by atoms with Gasteiger partial charge in [0.1, 0.15) is 5.69 Å². The van der Waals surface area contributed by atoms with Gasteiger partial charge in [0.25, 0.3) is 5.91 Å². The lowest BCUT2D eigenvalue weighted by Gasteiger charge is -2.47. The Labute approximate surface area is 155 Å². The molecule has 1 aliphatic rings. The van der Waals surface area contributed by atoms with Crippen molar-refractivity contribution in [3.63, 3.8) is 0 Å². The summed E-state index contributed by atoms with van der Waals surface area (Å²) in [6, 6.07) is 1.96. The van der Waals surface area contributed by atoms with E-state index in [1.807, 2.05) is 20.8 Å². The third-order valence-electron chi connectivity index (χ3n) is 4.57. The van der Waals surface area contributed by atoms with Crippen molar-refractivity contribution in [3.8, 4) is 0 Å². The van der Waals surface area contributed by atoms with Gasteiger partial charge in [0.15, 0.2) is 5.69 Å². The lowest BCUT2D eigenvalue weighted by Crippen LogP contribution is -2.59. The average Bonchev–Trinajstić information content (AvgIpc) is 2.58. The fourth-order valence-corrected chi connectivity index (χ4v) is 3.14. The van der Waals surface area contributed by atoms with Crippen LogP contribution in [0.2, 0.25) is 0 Å². The normalized spacial score (nSPS) is 18.4. The molecule has 1 fully saturated rings. The lowest BCUT2D eigenvalue weighted by atomic mass is 9.84. The second-order valence-corrected chi connectivity index (χ2v) is 7.44. The minimum absolute atomic E-state index is 0.0752. The van der Waals surface area contributed by atoms with E-state index in [-0.39, 0.29) is 31.0 Å². The molecule has 150 valence electrons. The van der Waals surface area contributed by atoms with Gasteiger partial charge in [-0.2, -0.15) is 13.2 Å². The van der Waals surface area contributed by atoms with Crippen molar-refractivity contribution in [2.75, 3.05) is 31.6 Å². The molecule has 2 N–H and O–H groups in total. The van der Waals surface area contributed by atoms with Gasteiger partial charge in [-0.25, -0.2) is 9.78 Å². The van der Waals surface area contributed by atoms with Gasteiger partial charge in [0, 0.05) is 26.7 Å². The zero-order chi connectivity index (χ0) is 20.6. The standard InChI is InChI=1S/C17H23F3N4O3/c1-16(2,3)12-9-23(7-8-24(12)15(26)27)11-6-5-10(14(25)21-4)22-13(11)17(18,19)20/h5-6,12H,7-9H2,1-4H3,(H,21,25)(H,26,27). The van der Waals surface area contributed by atoms with E-state index in [1.165, 1.54) is 29.0 Å². The maximum Gasteiger partial charge on any atom is 0.435 e. The van der Waals surface area contributed by atoms with E-state index in [4.69, 9.17) is 0 Å². The summed E-state index contributed by atoms with van der Waals surface area (Å²) in [5.41, 5.74) is -2.11. The number of anilines is 1. The van der Waals surface area contributed by atoms with E-state index < -0.39 is 35.3 Å². The average molecular weight is 388 g/mol. The maximum absolute atomic E-state index is 13.6. The topological polar surface area (TPSA) is 85.8 Å². The molecule has 0 saturated carbocycles. The molecule has 0 spiro atoms. The van der Waals surface area contributed by atoms with E-state index >= 15 is 0 Å². The van der Waals surface area contributed by atoms with E-state index in [2.05, 4.69) is 10.3 Å². The number of carboxylic acid groups (broad SMARTS) is 1. The first-order chi connectivity index (χ1) is 12.4. The molecule has 2 rings (SSSR count). The Hall–Kier alpha value is -2.52. The molecule has 0 aliphatic carbocycles. The van der Waals surface area contributed by atoms with E-state index in [1.54, 1.807) is 0 Å². The van der Waals surface area contributed by atoms with Crippen molar-refractivity contribution < 1.29 is 27.9 Å². The lowest BCUT2D eigenvalue weighted by molar-refractivity contribution is -0.140. The monoisotopic (exact) mass is 388 g/mol. The zero-order valence-electron chi connectivity index (χ0n) is 15.6. The van der Waals surface area contributed by atoms with Crippen molar-refractivity contribution in [2.45, 2.75) is 33.0 Å². The first-order valence-corrected chi connectivity index (χ1v) is 8.41. The highest BCUT2D eigenvalue weighted by Gasteiger charge is 2.42. The van der Waals surface area contributed by atoms with Crippen LogP contribution in [0.4, 0.5) is 23.7 Å². The molecule has 27 heavy (non-hydrogen) atoms. The van der Waals surface area contributed by atoms with Gasteiger partial charge in [0.2, 0.25) is 0 Å². The van der Waals surface area contributed by atoms with Crippen LogP contribution in [0.15, 0.2) is 12.1 Å². The Morgan fingerprint density at radius 1 is 1.22 bits per heavy atom. The van der Waals surface area contributed by atoms with Crippen molar-refractivity contribution in [2.24, 2.45) is 5.41 Å². The number of pyridine rings is 1. The first-order valence-electron chi connectivity index (χ1n) is 8.41. The van der Waals surface area contributed by atoms with Crippen LogP contribution in [0.5, 0.6) is 0 Å². The Kier molecular flexibility index (Phi) is 5.58. The van der Waals surface area contributed by atoms with Crippen LogP contribution in [0, 0.1) is 5.41 Å². The highest BCUT2D eigenvalue weighted by molar-refractivity contribution is 5.92. The zero-order valence-corrected chi connectivity index (χ0v) is 15.6. The summed E-state index contributed by atoms with van der Waals surface area (Å²) >= 11 is 0. The van der Waals surface area contributed by atoms with Gasteiger partial charge in [0.05, 0.1) is 11.7 Å². The van der Waals surface area contributed by atoms with Crippen molar-refractivity contribution in [1.82, 2.24) is 15.2 Å². The molecule has 1 aromatic rings. The second kappa shape index (κ2) is 7.24. The summed E-state index contributed by atoms with van der Waals surface area (Å²) in [5, 5.41) is 11.7. The molecule has 2 heterocycles. The van der Waals surface area contributed by atoms with Gasteiger partial charge in [-0.1, -0.05) is 20.8 Å². The van der Waals surface area contributed by atoms with Crippen LogP contribution < -0.4 is 10.2 Å². The summed E-state index contributed by atoms with van der Waals surface area (Å²) < 4.78 is 40.7. The molecule has 0 radical (unpaired) electrons. The Morgan fingerprint density at radius 3 is 2.33 bits per heavy atom. The molecular weight excluding hydrogens is 365 g/mol. The number of amides is 2. The van der Waals surface area contributed by atoms with Crippen LogP contribution >= 0.6 is 0 Å². The molecule has 0 bridgehead atoms. The number of hydrogen-bond acceptors (Lipinski definition) is 4. The number of hydrogen-bond donors (Lipinski definition) is 2. The number of halogens is 3. The maximum atomic E-state index is 13.6. The second-order valence-electron chi connectivity index (χ2n) is 7.44. The smallest absolute Gasteiger partial charge is 0.435 e. The van der Waals surface area contributed by atoms with Crippen LogP contribution in [0.25, 0.3) is 0 Å². The molecule has 2 amide bonds. The summed E-state index contributed by atoms with van der Waals surface area (Å²) in [5.74, 6) is -0.713. The number of piperazine rings is 1. The number of nitrogens with one attached hydrogen (secondary N) is 1. The van der Waals surface area contributed by atoms with Crippen LogP contribution in [0.3, 0.4) is 0 Å². The van der Waals surface area contributed by atoms with Gasteiger partial charge < -0.3 is 20.2 Å². The molecule has 1 aromatic heterocycles. The molecule has 0 aromatic carbocycles. The van der Waals surface area contributed by atoms with Crippen molar-refractivity contribution in [1.29, 1.82) is 0 Å². The SMILES string of the molecule is CNC(=O)c1ccc(N2CCN(C(=O)O)C(C(C)(C)C)C2)c(C(F)(F)F)n1. The number of carbonyl (C=O) groups excluding carboxylic acids is 1. The molecule has 1 aliphatic heterocycles. The number of nitrogens with zero attached hydrogens (tertiary/aromatic N) is 3. The van der Waals surface area contributed by atoms with Crippen LogP contribution in [0.1, 0.15) is 37.0 Å². The predicted molar refractivity (Wildman–Crippen MR) is 92.8 cm³/mol. The van der Waals surface area contributed by atoms with E-state index in [9.17, 15) is 27.9 Å². The largest absolute Gasteiger partial charge is 0.465 e. The Balaban J connectivity index is 2.45. The Morgan fingerprint density at radius 2 is 1.85 bits per heavy atom. The number of rotatable bonds is 2. The van der Waals surface area contributed by atoms with Gasteiger partial charge >= 0.3 is 12.3 Å².